The van der Waals surface area contributed by atoms with Crippen LogP contribution in [0.4, 0.5) is 0 Å². The van der Waals surface area contributed by atoms with Gasteiger partial charge in [-0.2, -0.15) is 4.98 Å². The number of aromatic nitrogens is 4. The summed E-state index contributed by atoms with van der Waals surface area (Å²) >= 11 is 0. The molecule has 0 radical (unpaired) electrons. The highest BCUT2D eigenvalue weighted by Gasteiger charge is 2.15. The predicted octanol–water partition coefficient (Wildman–Crippen LogP) is -0.430. The number of imidazole rings is 1. The highest BCUT2D eigenvalue weighted by Crippen LogP contribution is 2.12. The van der Waals surface area contributed by atoms with E-state index in [1.165, 1.54) is 0 Å². The van der Waals surface area contributed by atoms with E-state index in [0.29, 0.717) is 24.6 Å². The molecule has 16 heavy (non-hydrogen) atoms. The van der Waals surface area contributed by atoms with Crippen molar-refractivity contribution in [2.75, 3.05) is 6.61 Å². The molecule has 86 valence electrons. The molecule has 2 heterocycles. The molecule has 2 aromatic heterocycles. The minimum Gasteiger partial charge on any atom is -0.396 e. The van der Waals surface area contributed by atoms with Crippen LogP contribution in [0.5, 0.6) is 0 Å². The molecule has 0 saturated heterocycles. The SMILES string of the molecule is N[C@@H](Cc1cnc[nH]1)c1nc(CCO)no1. The number of aliphatic hydroxyl groups is 1. The Balaban J connectivity index is 2.00. The van der Waals surface area contributed by atoms with Crippen LogP contribution in [0.15, 0.2) is 17.0 Å². The van der Waals surface area contributed by atoms with Gasteiger partial charge in [-0.15, -0.1) is 0 Å². The summed E-state index contributed by atoms with van der Waals surface area (Å²) in [5.74, 6) is 0.843. The quantitative estimate of drug-likeness (QED) is 0.633. The van der Waals surface area contributed by atoms with Gasteiger partial charge in [-0.3, -0.25) is 0 Å². The number of aromatic amines is 1. The summed E-state index contributed by atoms with van der Waals surface area (Å²) in [4.78, 5) is 10.9. The lowest BCUT2D eigenvalue weighted by Gasteiger charge is -2.03. The minimum absolute atomic E-state index is 0.00520. The topological polar surface area (TPSA) is 114 Å². The third-order valence-electron chi connectivity index (χ3n) is 2.13. The highest BCUT2D eigenvalue weighted by molar-refractivity contribution is 5.02. The van der Waals surface area contributed by atoms with E-state index in [1.807, 2.05) is 0 Å². The number of hydrogen-bond donors (Lipinski definition) is 3. The molecule has 0 unspecified atom stereocenters. The molecule has 0 aromatic carbocycles. The maximum atomic E-state index is 8.71. The van der Waals surface area contributed by atoms with Crippen LogP contribution in [0.25, 0.3) is 0 Å². The molecule has 0 bridgehead atoms. The first-order chi connectivity index (χ1) is 7.79. The van der Waals surface area contributed by atoms with E-state index in [2.05, 4.69) is 20.1 Å². The van der Waals surface area contributed by atoms with Crippen LogP contribution in [-0.4, -0.2) is 31.8 Å². The number of rotatable bonds is 5. The van der Waals surface area contributed by atoms with Crippen molar-refractivity contribution in [2.45, 2.75) is 18.9 Å². The standard InChI is InChI=1S/C9H13N5O2/c10-7(3-6-4-11-5-12-6)9-13-8(1-2-15)14-16-9/h4-5,7,15H,1-3,10H2,(H,11,12)/t7-/m0/s1. The van der Waals surface area contributed by atoms with Crippen molar-refractivity contribution in [3.8, 4) is 0 Å². The van der Waals surface area contributed by atoms with Gasteiger partial charge in [0.05, 0.1) is 19.0 Å². The van der Waals surface area contributed by atoms with Crippen molar-refractivity contribution in [2.24, 2.45) is 5.73 Å². The molecule has 0 aliphatic rings. The van der Waals surface area contributed by atoms with Crippen LogP contribution in [0.3, 0.4) is 0 Å². The summed E-state index contributed by atoms with van der Waals surface area (Å²) in [5, 5.41) is 12.4. The molecule has 7 heteroatoms. The first kappa shape index (κ1) is 10.8. The van der Waals surface area contributed by atoms with E-state index in [-0.39, 0.29) is 12.6 Å². The maximum Gasteiger partial charge on any atom is 0.243 e. The summed E-state index contributed by atoms with van der Waals surface area (Å²) < 4.78 is 5.00. The number of nitrogens with zero attached hydrogens (tertiary/aromatic N) is 3. The fourth-order valence-electron chi connectivity index (χ4n) is 1.34. The van der Waals surface area contributed by atoms with Crippen LogP contribution in [0, 0.1) is 0 Å². The second-order valence-electron chi connectivity index (χ2n) is 3.41. The van der Waals surface area contributed by atoms with Gasteiger partial charge >= 0.3 is 0 Å². The summed E-state index contributed by atoms with van der Waals surface area (Å²) in [5.41, 5.74) is 6.80. The first-order valence-corrected chi connectivity index (χ1v) is 4.95. The molecule has 0 amide bonds. The molecule has 0 aliphatic heterocycles. The zero-order chi connectivity index (χ0) is 11.4. The second-order valence-corrected chi connectivity index (χ2v) is 3.41. The second kappa shape index (κ2) is 4.86. The van der Waals surface area contributed by atoms with Crippen molar-refractivity contribution < 1.29 is 9.63 Å². The lowest BCUT2D eigenvalue weighted by molar-refractivity contribution is 0.292. The fourth-order valence-corrected chi connectivity index (χ4v) is 1.34. The van der Waals surface area contributed by atoms with Gasteiger partial charge in [-0.1, -0.05) is 5.16 Å². The lowest BCUT2D eigenvalue weighted by atomic mass is 10.2. The van der Waals surface area contributed by atoms with Crippen molar-refractivity contribution in [3.63, 3.8) is 0 Å². The molecule has 2 rings (SSSR count). The third-order valence-corrected chi connectivity index (χ3v) is 2.13. The number of nitrogens with two attached hydrogens (primary N) is 1. The van der Waals surface area contributed by atoms with Gasteiger partial charge in [0.15, 0.2) is 5.82 Å². The van der Waals surface area contributed by atoms with E-state index in [4.69, 9.17) is 15.4 Å². The highest BCUT2D eigenvalue weighted by atomic mass is 16.5. The van der Waals surface area contributed by atoms with E-state index < -0.39 is 0 Å². The molecule has 1 atom stereocenters. The minimum atomic E-state index is -0.361. The molecule has 7 nitrogen and oxygen atoms in total. The van der Waals surface area contributed by atoms with E-state index in [9.17, 15) is 0 Å². The first-order valence-electron chi connectivity index (χ1n) is 4.95. The van der Waals surface area contributed by atoms with Gasteiger partial charge in [0, 0.05) is 24.7 Å². The molecule has 2 aromatic rings. The summed E-state index contributed by atoms with van der Waals surface area (Å²) in [7, 11) is 0. The molecule has 0 spiro atoms. The lowest BCUT2D eigenvalue weighted by Crippen LogP contribution is -2.14. The van der Waals surface area contributed by atoms with Crippen LogP contribution in [0.1, 0.15) is 23.5 Å². The average Bonchev–Trinajstić information content (AvgIpc) is 2.89. The van der Waals surface area contributed by atoms with Gasteiger partial charge in [0.1, 0.15) is 0 Å². The summed E-state index contributed by atoms with van der Waals surface area (Å²) in [6.07, 6.45) is 4.22. The molecular formula is C9H13N5O2. The van der Waals surface area contributed by atoms with Gasteiger partial charge in [0.2, 0.25) is 5.89 Å². The zero-order valence-electron chi connectivity index (χ0n) is 8.63. The van der Waals surface area contributed by atoms with Gasteiger partial charge in [-0.05, 0) is 0 Å². The Morgan fingerprint density at radius 2 is 2.44 bits per heavy atom. The molecular weight excluding hydrogens is 210 g/mol. The molecule has 0 saturated carbocycles. The van der Waals surface area contributed by atoms with E-state index >= 15 is 0 Å². The Morgan fingerprint density at radius 1 is 1.56 bits per heavy atom. The van der Waals surface area contributed by atoms with Gasteiger partial charge in [0.25, 0.3) is 0 Å². The predicted molar refractivity (Wildman–Crippen MR) is 54.3 cm³/mol. The normalized spacial score (nSPS) is 12.9. The maximum absolute atomic E-state index is 8.71. The van der Waals surface area contributed by atoms with Crippen molar-refractivity contribution in [3.05, 3.63) is 29.9 Å². The number of aliphatic hydroxyl groups excluding tert-OH is 1. The van der Waals surface area contributed by atoms with E-state index in [1.54, 1.807) is 12.5 Å². The molecule has 4 N–H and O–H groups in total. The Kier molecular flexibility index (Phi) is 3.28. The van der Waals surface area contributed by atoms with Crippen LogP contribution in [0.2, 0.25) is 0 Å². The van der Waals surface area contributed by atoms with Crippen LogP contribution in [-0.2, 0) is 12.8 Å². The third kappa shape index (κ3) is 2.44. The summed E-state index contributed by atoms with van der Waals surface area (Å²) in [6, 6.07) is -0.361. The van der Waals surface area contributed by atoms with Crippen molar-refractivity contribution in [1.29, 1.82) is 0 Å². The Bertz CT molecular complexity index is 425. The number of hydrogen-bond acceptors (Lipinski definition) is 6. The fraction of sp³-hybridized carbons (Fsp3) is 0.444. The largest absolute Gasteiger partial charge is 0.396 e. The zero-order valence-corrected chi connectivity index (χ0v) is 8.63. The Morgan fingerprint density at radius 3 is 3.12 bits per heavy atom. The number of H-pyrrole nitrogens is 1. The van der Waals surface area contributed by atoms with Crippen molar-refractivity contribution >= 4 is 0 Å². The van der Waals surface area contributed by atoms with E-state index in [0.717, 1.165) is 5.69 Å². The Hall–Kier alpha value is -1.73. The van der Waals surface area contributed by atoms with Crippen molar-refractivity contribution in [1.82, 2.24) is 20.1 Å². The Labute approximate surface area is 91.7 Å². The smallest absolute Gasteiger partial charge is 0.243 e. The number of nitrogens with one attached hydrogen (secondary N) is 1. The monoisotopic (exact) mass is 223 g/mol. The average molecular weight is 223 g/mol. The molecule has 0 fully saturated rings. The van der Waals surface area contributed by atoms with Crippen LogP contribution < -0.4 is 5.73 Å². The van der Waals surface area contributed by atoms with Crippen LogP contribution >= 0.6 is 0 Å². The molecule has 0 aliphatic carbocycles. The van der Waals surface area contributed by atoms with Gasteiger partial charge < -0.3 is 20.3 Å². The van der Waals surface area contributed by atoms with Gasteiger partial charge in [-0.25, -0.2) is 4.98 Å². The summed E-state index contributed by atoms with van der Waals surface area (Å²) in [6.45, 7) is -0.00520.